The topological polar surface area (TPSA) is 44.8 Å². The van der Waals surface area contributed by atoms with E-state index >= 15 is 0 Å². The van der Waals surface area contributed by atoms with E-state index in [0.717, 1.165) is 0 Å². The molecule has 3 rings (SSSR count). The smallest absolute Gasteiger partial charge is 0.413 e. The molecule has 0 amide bonds. The number of rotatable bonds is 2. The van der Waals surface area contributed by atoms with Gasteiger partial charge in [0.15, 0.2) is 11.5 Å². The summed E-state index contributed by atoms with van der Waals surface area (Å²) in [6, 6.07) is 14.0. The predicted octanol–water partition coefficient (Wildman–Crippen LogP) is 3.48. The van der Waals surface area contributed by atoms with Crippen molar-refractivity contribution >= 4 is 17.6 Å². The number of benzene rings is 2. The Kier molecular flexibility index (Phi) is 3.03. The van der Waals surface area contributed by atoms with E-state index in [1.165, 1.54) is 6.92 Å². The molecule has 0 fully saturated rings. The van der Waals surface area contributed by atoms with E-state index in [1.54, 1.807) is 30.3 Å². The van der Waals surface area contributed by atoms with Gasteiger partial charge in [0.2, 0.25) is 0 Å². The Bertz CT molecular complexity index is 656. The highest BCUT2D eigenvalue weighted by atomic mass is 35.5. The second-order valence-corrected chi connectivity index (χ2v) is 4.75. The molecule has 1 unspecified atom stereocenters. The fraction of sp³-hybridized carbons (Fsp3) is 0.133. The van der Waals surface area contributed by atoms with Gasteiger partial charge >= 0.3 is 11.9 Å². The molecule has 1 aliphatic heterocycles. The van der Waals surface area contributed by atoms with E-state index in [9.17, 15) is 4.79 Å². The molecule has 1 atom stereocenters. The summed E-state index contributed by atoms with van der Waals surface area (Å²) in [6.45, 7) is 1.30. The molecule has 5 heteroatoms. The monoisotopic (exact) mass is 290 g/mol. The zero-order valence-electron chi connectivity index (χ0n) is 10.6. The molecule has 0 radical (unpaired) electrons. The van der Waals surface area contributed by atoms with Crippen LogP contribution in [0.15, 0.2) is 48.5 Å². The summed E-state index contributed by atoms with van der Waals surface area (Å²) in [5.74, 6) is -1.20. The molecule has 102 valence electrons. The highest BCUT2D eigenvalue weighted by Crippen LogP contribution is 2.45. The first-order chi connectivity index (χ1) is 9.59. The maximum Gasteiger partial charge on any atom is 0.449 e. The number of fused-ring (bicyclic) bond motifs is 1. The summed E-state index contributed by atoms with van der Waals surface area (Å²) in [6.07, 6.45) is 0. The Morgan fingerprint density at radius 1 is 1.10 bits per heavy atom. The summed E-state index contributed by atoms with van der Waals surface area (Å²) in [4.78, 5) is 11.4. The molecule has 20 heavy (non-hydrogen) atoms. The summed E-state index contributed by atoms with van der Waals surface area (Å²) < 4.78 is 16.7. The lowest BCUT2D eigenvalue weighted by Crippen LogP contribution is -2.40. The zero-order chi connectivity index (χ0) is 14.2. The SMILES string of the molecule is CC(=O)OC1(c2ccccc2)Oc2ccc(Cl)cc2O1. The molecule has 0 aliphatic carbocycles. The Hall–Kier alpha value is -2.20. The third kappa shape index (κ3) is 2.18. The Labute approximate surface area is 120 Å². The van der Waals surface area contributed by atoms with Crippen molar-refractivity contribution in [3.8, 4) is 11.5 Å². The quantitative estimate of drug-likeness (QED) is 0.794. The second kappa shape index (κ2) is 4.72. The van der Waals surface area contributed by atoms with Crippen molar-refractivity contribution in [2.75, 3.05) is 0 Å². The Morgan fingerprint density at radius 3 is 2.50 bits per heavy atom. The molecule has 0 N–H and O–H groups in total. The Morgan fingerprint density at radius 2 is 1.80 bits per heavy atom. The van der Waals surface area contributed by atoms with Crippen molar-refractivity contribution < 1.29 is 19.0 Å². The predicted molar refractivity (Wildman–Crippen MR) is 72.6 cm³/mol. The van der Waals surface area contributed by atoms with Gasteiger partial charge in [0.1, 0.15) is 0 Å². The van der Waals surface area contributed by atoms with Crippen molar-refractivity contribution in [1.29, 1.82) is 0 Å². The van der Waals surface area contributed by atoms with Gasteiger partial charge in [-0.15, -0.1) is 0 Å². The van der Waals surface area contributed by atoms with Crippen LogP contribution < -0.4 is 9.47 Å². The molecule has 0 aromatic heterocycles. The van der Waals surface area contributed by atoms with Crippen molar-refractivity contribution in [1.82, 2.24) is 0 Å². The van der Waals surface area contributed by atoms with Gasteiger partial charge in [-0.3, -0.25) is 4.79 Å². The van der Waals surface area contributed by atoms with Gasteiger partial charge in [-0.1, -0.05) is 29.8 Å². The first-order valence-electron chi connectivity index (χ1n) is 6.02. The van der Waals surface area contributed by atoms with Gasteiger partial charge in [0, 0.05) is 18.0 Å². The third-order valence-corrected chi connectivity index (χ3v) is 3.03. The zero-order valence-corrected chi connectivity index (χ0v) is 11.4. The molecular formula is C15H11ClO4. The van der Waals surface area contributed by atoms with Crippen LogP contribution in [0.1, 0.15) is 12.5 Å². The molecule has 4 nitrogen and oxygen atoms in total. The van der Waals surface area contributed by atoms with Crippen LogP contribution in [0.25, 0.3) is 0 Å². The lowest BCUT2D eigenvalue weighted by Gasteiger charge is -2.26. The second-order valence-electron chi connectivity index (χ2n) is 4.31. The number of esters is 1. The number of ether oxygens (including phenoxy) is 3. The summed E-state index contributed by atoms with van der Waals surface area (Å²) >= 11 is 5.92. The largest absolute Gasteiger partial charge is 0.449 e. The van der Waals surface area contributed by atoms with E-state index in [0.29, 0.717) is 22.1 Å². The highest BCUT2D eigenvalue weighted by Gasteiger charge is 2.47. The normalized spacial score (nSPS) is 19.7. The Balaban J connectivity index is 2.05. The van der Waals surface area contributed by atoms with E-state index in [2.05, 4.69) is 0 Å². The standard InChI is InChI=1S/C15H11ClO4/c1-10(17)18-15(11-5-3-2-4-6-11)19-13-8-7-12(16)9-14(13)20-15/h2-9H,1H3. The van der Waals surface area contributed by atoms with Gasteiger partial charge in [0.25, 0.3) is 0 Å². The van der Waals surface area contributed by atoms with Crippen LogP contribution in [0.3, 0.4) is 0 Å². The number of halogens is 1. The maximum absolute atomic E-state index is 11.4. The fourth-order valence-electron chi connectivity index (χ4n) is 2.01. The van der Waals surface area contributed by atoms with Crippen LogP contribution >= 0.6 is 11.6 Å². The van der Waals surface area contributed by atoms with Crippen LogP contribution in [0, 0.1) is 0 Å². The first kappa shape index (κ1) is 12.8. The first-order valence-corrected chi connectivity index (χ1v) is 6.39. The number of hydrogen-bond acceptors (Lipinski definition) is 4. The van der Waals surface area contributed by atoms with Crippen LogP contribution in [-0.4, -0.2) is 5.97 Å². The van der Waals surface area contributed by atoms with Crippen LogP contribution in [0.4, 0.5) is 0 Å². The van der Waals surface area contributed by atoms with Gasteiger partial charge in [-0.2, -0.15) is 0 Å². The van der Waals surface area contributed by atoms with E-state index in [4.69, 9.17) is 25.8 Å². The van der Waals surface area contributed by atoms with Gasteiger partial charge in [-0.25, -0.2) is 0 Å². The highest BCUT2D eigenvalue weighted by molar-refractivity contribution is 6.30. The average molecular weight is 291 g/mol. The van der Waals surface area contributed by atoms with Crippen molar-refractivity contribution in [3.63, 3.8) is 0 Å². The number of carbonyl (C=O) groups is 1. The molecular weight excluding hydrogens is 280 g/mol. The van der Waals surface area contributed by atoms with E-state index < -0.39 is 11.9 Å². The molecule has 0 bridgehead atoms. The molecule has 0 spiro atoms. The van der Waals surface area contributed by atoms with Crippen LogP contribution in [0.5, 0.6) is 11.5 Å². The number of carbonyl (C=O) groups excluding carboxylic acids is 1. The number of hydrogen-bond donors (Lipinski definition) is 0. The lowest BCUT2D eigenvalue weighted by molar-refractivity contribution is -0.276. The van der Waals surface area contributed by atoms with Crippen molar-refractivity contribution in [3.05, 3.63) is 59.1 Å². The average Bonchev–Trinajstić information content (AvgIpc) is 2.77. The van der Waals surface area contributed by atoms with Crippen LogP contribution in [-0.2, 0) is 15.5 Å². The molecule has 0 saturated heterocycles. The summed E-state index contributed by atoms with van der Waals surface area (Å²) in [5, 5.41) is 0.513. The summed E-state index contributed by atoms with van der Waals surface area (Å²) in [5.41, 5.74) is 0.586. The minimum atomic E-state index is -1.60. The fourth-order valence-corrected chi connectivity index (χ4v) is 2.17. The van der Waals surface area contributed by atoms with Crippen molar-refractivity contribution in [2.45, 2.75) is 12.9 Å². The van der Waals surface area contributed by atoms with Gasteiger partial charge < -0.3 is 14.2 Å². The van der Waals surface area contributed by atoms with Gasteiger partial charge in [0.05, 0.1) is 5.56 Å². The third-order valence-electron chi connectivity index (χ3n) is 2.80. The minimum Gasteiger partial charge on any atom is -0.413 e. The van der Waals surface area contributed by atoms with E-state index in [-0.39, 0.29) is 0 Å². The minimum absolute atomic E-state index is 0.433. The van der Waals surface area contributed by atoms with E-state index in [1.807, 2.05) is 18.2 Å². The van der Waals surface area contributed by atoms with Gasteiger partial charge in [-0.05, 0) is 24.3 Å². The molecule has 1 heterocycles. The molecule has 0 saturated carbocycles. The molecule has 2 aromatic carbocycles. The maximum atomic E-state index is 11.4. The summed E-state index contributed by atoms with van der Waals surface area (Å²) in [7, 11) is 0. The van der Waals surface area contributed by atoms with Crippen molar-refractivity contribution in [2.24, 2.45) is 0 Å². The molecule has 1 aliphatic rings. The molecule has 2 aromatic rings. The lowest BCUT2D eigenvalue weighted by atomic mass is 10.2. The van der Waals surface area contributed by atoms with Crippen LogP contribution in [0.2, 0.25) is 5.02 Å².